The van der Waals surface area contributed by atoms with E-state index in [-0.39, 0.29) is 30.0 Å². The Bertz CT molecular complexity index is 396. The first-order chi connectivity index (χ1) is 7.41. The first-order valence-corrected chi connectivity index (χ1v) is 5.24. The van der Waals surface area contributed by atoms with E-state index in [1.807, 2.05) is 13.8 Å². The van der Waals surface area contributed by atoms with E-state index in [4.69, 9.17) is 5.73 Å². The number of nitrogens with two attached hydrogens (primary N) is 1. The fraction of sp³-hybridized carbons (Fsp3) is 0.417. The minimum absolute atomic E-state index is 0. The number of carbonyl (C=O) groups is 1. The Balaban J connectivity index is 0.00000256. The van der Waals surface area contributed by atoms with Gasteiger partial charge in [0.15, 0.2) is 0 Å². The Morgan fingerprint density at radius 1 is 1.41 bits per heavy atom. The van der Waals surface area contributed by atoms with Crippen LogP contribution in [-0.4, -0.2) is 11.9 Å². The van der Waals surface area contributed by atoms with E-state index >= 15 is 0 Å². The number of hydrogen-bond donors (Lipinski definition) is 2. The van der Waals surface area contributed by atoms with Gasteiger partial charge >= 0.3 is 0 Å². The molecule has 17 heavy (non-hydrogen) atoms. The van der Waals surface area contributed by atoms with Gasteiger partial charge in [0.25, 0.3) is 0 Å². The Morgan fingerprint density at radius 2 is 2.00 bits per heavy atom. The number of nitrogens with one attached hydrogen (secondary N) is 1. The summed E-state index contributed by atoms with van der Waals surface area (Å²) >= 11 is 0. The number of amides is 1. The molecule has 0 aromatic heterocycles. The highest BCUT2D eigenvalue weighted by atomic mass is 35.5. The number of anilines is 1. The van der Waals surface area contributed by atoms with Gasteiger partial charge in [0, 0.05) is 5.69 Å². The van der Waals surface area contributed by atoms with E-state index in [1.54, 1.807) is 19.1 Å². The second-order valence-corrected chi connectivity index (χ2v) is 4.22. The van der Waals surface area contributed by atoms with Crippen LogP contribution >= 0.6 is 12.4 Å². The number of hydrogen-bond acceptors (Lipinski definition) is 2. The Labute approximate surface area is 107 Å². The second-order valence-electron chi connectivity index (χ2n) is 4.22. The predicted octanol–water partition coefficient (Wildman–Crippen LogP) is 2.48. The molecular weight excluding hydrogens is 243 g/mol. The standard InChI is InChI=1S/C12H17FN2O.ClH/c1-7(2)11(14)12(16)15-9-5-4-8(3)10(13)6-9;/h4-7,11H,14H2,1-3H3,(H,15,16);1H. The van der Waals surface area contributed by atoms with Gasteiger partial charge in [0.1, 0.15) is 5.82 Å². The highest BCUT2D eigenvalue weighted by Crippen LogP contribution is 2.14. The molecule has 0 aliphatic heterocycles. The average Bonchev–Trinajstić information content (AvgIpc) is 2.22. The number of benzene rings is 1. The third kappa shape index (κ3) is 4.32. The van der Waals surface area contributed by atoms with Crippen molar-refractivity contribution in [2.45, 2.75) is 26.8 Å². The van der Waals surface area contributed by atoms with Gasteiger partial charge in [-0.05, 0) is 30.5 Å². The summed E-state index contributed by atoms with van der Waals surface area (Å²) in [6, 6.07) is 3.99. The molecule has 3 nitrogen and oxygen atoms in total. The first kappa shape index (κ1) is 15.9. The molecule has 0 fully saturated rings. The van der Waals surface area contributed by atoms with Crippen molar-refractivity contribution in [3.63, 3.8) is 0 Å². The summed E-state index contributed by atoms with van der Waals surface area (Å²) in [5, 5.41) is 2.59. The summed E-state index contributed by atoms with van der Waals surface area (Å²) in [4.78, 5) is 11.6. The van der Waals surface area contributed by atoms with Crippen LogP contribution in [0.1, 0.15) is 19.4 Å². The zero-order chi connectivity index (χ0) is 12.3. The quantitative estimate of drug-likeness (QED) is 0.877. The van der Waals surface area contributed by atoms with Gasteiger partial charge in [0.05, 0.1) is 6.04 Å². The maximum Gasteiger partial charge on any atom is 0.241 e. The third-order valence-electron chi connectivity index (χ3n) is 2.46. The number of rotatable bonds is 3. The summed E-state index contributed by atoms with van der Waals surface area (Å²) in [6.45, 7) is 5.39. The molecule has 0 bridgehead atoms. The molecule has 3 N–H and O–H groups in total. The lowest BCUT2D eigenvalue weighted by molar-refractivity contribution is -0.118. The normalized spacial score (nSPS) is 11.9. The molecule has 0 heterocycles. The van der Waals surface area contributed by atoms with E-state index < -0.39 is 6.04 Å². The van der Waals surface area contributed by atoms with Crippen molar-refractivity contribution in [2.24, 2.45) is 11.7 Å². The van der Waals surface area contributed by atoms with Gasteiger partial charge in [-0.15, -0.1) is 12.4 Å². The first-order valence-electron chi connectivity index (χ1n) is 5.24. The molecule has 1 amide bonds. The van der Waals surface area contributed by atoms with Gasteiger partial charge in [0.2, 0.25) is 5.91 Å². The van der Waals surface area contributed by atoms with Crippen LogP contribution in [0.5, 0.6) is 0 Å². The topological polar surface area (TPSA) is 55.1 Å². The minimum Gasteiger partial charge on any atom is -0.325 e. The molecule has 0 aliphatic carbocycles. The largest absolute Gasteiger partial charge is 0.325 e. The van der Waals surface area contributed by atoms with Gasteiger partial charge in [-0.1, -0.05) is 19.9 Å². The summed E-state index contributed by atoms with van der Waals surface area (Å²) in [5.74, 6) is -0.579. The van der Waals surface area contributed by atoms with Crippen LogP contribution in [-0.2, 0) is 4.79 Å². The fourth-order valence-corrected chi connectivity index (χ4v) is 1.20. The van der Waals surface area contributed by atoms with E-state index in [0.29, 0.717) is 11.3 Å². The summed E-state index contributed by atoms with van der Waals surface area (Å²) in [6.07, 6.45) is 0. The minimum atomic E-state index is -0.579. The highest BCUT2D eigenvalue weighted by molar-refractivity contribution is 5.94. The predicted molar refractivity (Wildman–Crippen MR) is 69.8 cm³/mol. The lowest BCUT2D eigenvalue weighted by Gasteiger charge is -2.15. The molecule has 0 radical (unpaired) electrons. The molecular formula is C12H18ClFN2O. The average molecular weight is 261 g/mol. The Kier molecular flexibility index (Phi) is 6.13. The van der Waals surface area contributed by atoms with Gasteiger partial charge in [-0.3, -0.25) is 4.79 Å². The van der Waals surface area contributed by atoms with Crippen molar-refractivity contribution in [1.29, 1.82) is 0 Å². The monoisotopic (exact) mass is 260 g/mol. The van der Waals surface area contributed by atoms with E-state index in [2.05, 4.69) is 5.32 Å². The van der Waals surface area contributed by atoms with Crippen molar-refractivity contribution >= 4 is 24.0 Å². The van der Waals surface area contributed by atoms with Crippen LogP contribution < -0.4 is 11.1 Å². The number of aryl methyl sites for hydroxylation is 1. The van der Waals surface area contributed by atoms with Crippen LogP contribution in [0.2, 0.25) is 0 Å². The van der Waals surface area contributed by atoms with Crippen molar-refractivity contribution in [2.75, 3.05) is 5.32 Å². The molecule has 1 atom stereocenters. The Hall–Kier alpha value is -1.13. The van der Waals surface area contributed by atoms with Gasteiger partial charge in [-0.2, -0.15) is 0 Å². The summed E-state index contributed by atoms with van der Waals surface area (Å²) < 4.78 is 13.2. The van der Waals surface area contributed by atoms with E-state index in [9.17, 15) is 9.18 Å². The molecule has 96 valence electrons. The van der Waals surface area contributed by atoms with E-state index in [1.165, 1.54) is 6.07 Å². The SMILES string of the molecule is Cc1ccc(NC(=O)C(N)C(C)C)cc1F.Cl. The highest BCUT2D eigenvalue weighted by Gasteiger charge is 2.17. The Morgan fingerprint density at radius 3 is 2.47 bits per heavy atom. The molecule has 1 rings (SSSR count). The van der Waals surface area contributed by atoms with Gasteiger partial charge < -0.3 is 11.1 Å². The zero-order valence-electron chi connectivity index (χ0n) is 10.2. The maximum atomic E-state index is 13.2. The van der Waals surface area contributed by atoms with Gasteiger partial charge in [-0.25, -0.2) is 4.39 Å². The van der Waals surface area contributed by atoms with Crippen LogP contribution in [0.3, 0.4) is 0 Å². The van der Waals surface area contributed by atoms with Crippen molar-refractivity contribution in [3.8, 4) is 0 Å². The fourth-order valence-electron chi connectivity index (χ4n) is 1.20. The smallest absolute Gasteiger partial charge is 0.241 e. The van der Waals surface area contributed by atoms with Crippen molar-refractivity contribution in [3.05, 3.63) is 29.6 Å². The second kappa shape index (κ2) is 6.57. The number of carbonyl (C=O) groups excluding carboxylic acids is 1. The van der Waals surface area contributed by atoms with Crippen LogP contribution in [0.25, 0.3) is 0 Å². The van der Waals surface area contributed by atoms with Crippen molar-refractivity contribution in [1.82, 2.24) is 0 Å². The maximum absolute atomic E-state index is 13.2. The third-order valence-corrected chi connectivity index (χ3v) is 2.46. The van der Waals surface area contributed by atoms with Crippen LogP contribution in [0, 0.1) is 18.7 Å². The van der Waals surface area contributed by atoms with Crippen LogP contribution in [0.15, 0.2) is 18.2 Å². The molecule has 1 aromatic rings. The molecule has 1 aromatic carbocycles. The zero-order valence-corrected chi connectivity index (χ0v) is 11.0. The molecule has 0 saturated carbocycles. The summed E-state index contributed by atoms with van der Waals surface area (Å²) in [7, 11) is 0. The summed E-state index contributed by atoms with van der Waals surface area (Å²) in [5.41, 5.74) is 6.65. The number of halogens is 2. The molecule has 5 heteroatoms. The molecule has 0 saturated heterocycles. The molecule has 0 aliphatic rings. The van der Waals surface area contributed by atoms with Crippen LogP contribution in [0.4, 0.5) is 10.1 Å². The molecule has 1 unspecified atom stereocenters. The lowest BCUT2D eigenvalue weighted by atomic mass is 10.0. The van der Waals surface area contributed by atoms with E-state index in [0.717, 1.165) is 0 Å². The van der Waals surface area contributed by atoms with Crippen molar-refractivity contribution < 1.29 is 9.18 Å². The lowest BCUT2D eigenvalue weighted by Crippen LogP contribution is -2.39. The molecule has 0 spiro atoms.